The van der Waals surface area contributed by atoms with E-state index >= 15 is 0 Å². The van der Waals surface area contributed by atoms with Crippen LogP contribution in [0, 0.1) is 0 Å². The minimum atomic E-state index is 0.786. The number of nitrogens with one attached hydrogen (secondary N) is 1. The van der Waals surface area contributed by atoms with Crippen LogP contribution >= 0.6 is 0 Å². The van der Waals surface area contributed by atoms with E-state index in [2.05, 4.69) is 34.2 Å². The van der Waals surface area contributed by atoms with Crippen molar-refractivity contribution >= 4 is 0 Å². The van der Waals surface area contributed by atoms with Crippen molar-refractivity contribution in [1.29, 1.82) is 0 Å². The van der Waals surface area contributed by atoms with Crippen LogP contribution in [0.4, 0.5) is 0 Å². The molecule has 20 heavy (non-hydrogen) atoms. The van der Waals surface area contributed by atoms with Gasteiger partial charge in [0, 0.05) is 19.1 Å². The van der Waals surface area contributed by atoms with Gasteiger partial charge in [-0.1, -0.05) is 6.92 Å². The van der Waals surface area contributed by atoms with Crippen molar-refractivity contribution < 1.29 is 4.42 Å². The molecule has 0 aliphatic carbocycles. The second kappa shape index (κ2) is 6.74. The first-order chi connectivity index (χ1) is 9.85. The van der Waals surface area contributed by atoms with Gasteiger partial charge in [-0.2, -0.15) is 0 Å². The molecule has 1 N–H and O–H groups in total. The first kappa shape index (κ1) is 14.1. The normalized spacial score (nSPS) is 24.8. The van der Waals surface area contributed by atoms with Crippen LogP contribution in [0.3, 0.4) is 0 Å². The lowest BCUT2D eigenvalue weighted by Crippen LogP contribution is -2.35. The van der Waals surface area contributed by atoms with Gasteiger partial charge in [0.1, 0.15) is 11.5 Å². The van der Waals surface area contributed by atoms with Gasteiger partial charge < -0.3 is 9.73 Å². The van der Waals surface area contributed by atoms with Crippen LogP contribution in [0.25, 0.3) is 0 Å². The van der Waals surface area contributed by atoms with Crippen molar-refractivity contribution in [2.45, 2.75) is 45.3 Å². The van der Waals surface area contributed by atoms with E-state index in [9.17, 15) is 0 Å². The third-order valence-electron chi connectivity index (χ3n) is 4.55. The smallest absolute Gasteiger partial charge is 0.118 e. The van der Waals surface area contributed by atoms with E-state index in [0.29, 0.717) is 0 Å². The fourth-order valence-corrected chi connectivity index (χ4v) is 3.43. The molecule has 3 heterocycles. The van der Waals surface area contributed by atoms with Crippen molar-refractivity contribution in [2.75, 3.05) is 32.7 Å². The Balaban J connectivity index is 1.47. The summed E-state index contributed by atoms with van der Waals surface area (Å²) in [7, 11) is 0. The summed E-state index contributed by atoms with van der Waals surface area (Å²) >= 11 is 0. The minimum absolute atomic E-state index is 0.786. The maximum atomic E-state index is 5.89. The zero-order valence-corrected chi connectivity index (χ0v) is 12.6. The van der Waals surface area contributed by atoms with Gasteiger partial charge in [0.2, 0.25) is 0 Å². The third-order valence-corrected chi connectivity index (χ3v) is 4.55. The Morgan fingerprint density at radius 2 is 2.00 bits per heavy atom. The summed E-state index contributed by atoms with van der Waals surface area (Å²) in [6, 6.07) is 5.02. The van der Waals surface area contributed by atoms with Gasteiger partial charge in [-0.15, -0.1) is 0 Å². The zero-order chi connectivity index (χ0) is 13.8. The number of hydrogen-bond donors (Lipinski definition) is 1. The Bertz CT molecular complexity index is 412. The van der Waals surface area contributed by atoms with E-state index in [1.54, 1.807) is 0 Å². The van der Waals surface area contributed by atoms with Crippen LogP contribution in [0.2, 0.25) is 0 Å². The standard InChI is InChI=1S/C16H27N3O/c1-2-17-11-15-5-6-16(20-15)13-18-10-7-14(12-18)19-8-3-4-9-19/h5-6,14,17H,2-4,7-13H2,1H3. The van der Waals surface area contributed by atoms with Gasteiger partial charge in [0.15, 0.2) is 0 Å². The van der Waals surface area contributed by atoms with Crippen LogP contribution < -0.4 is 5.32 Å². The molecule has 0 radical (unpaired) electrons. The Labute approximate surface area is 122 Å². The van der Waals surface area contributed by atoms with Gasteiger partial charge in [-0.25, -0.2) is 0 Å². The molecule has 2 fully saturated rings. The lowest BCUT2D eigenvalue weighted by Gasteiger charge is -2.23. The van der Waals surface area contributed by atoms with Gasteiger partial charge >= 0.3 is 0 Å². The zero-order valence-electron chi connectivity index (χ0n) is 12.6. The van der Waals surface area contributed by atoms with Crippen LogP contribution in [0.1, 0.15) is 37.7 Å². The van der Waals surface area contributed by atoms with E-state index in [-0.39, 0.29) is 0 Å². The molecule has 1 aromatic heterocycles. The van der Waals surface area contributed by atoms with E-state index in [1.165, 1.54) is 45.4 Å². The summed E-state index contributed by atoms with van der Waals surface area (Å²) in [5.74, 6) is 2.16. The maximum absolute atomic E-state index is 5.89. The Hall–Kier alpha value is -0.840. The topological polar surface area (TPSA) is 31.6 Å². The van der Waals surface area contributed by atoms with Crippen LogP contribution in [-0.2, 0) is 13.1 Å². The van der Waals surface area contributed by atoms with Crippen LogP contribution in [0.5, 0.6) is 0 Å². The number of nitrogens with zero attached hydrogens (tertiary/aromatic N) is 2. The molecule has 1 atom stereocenters. The highest BCUT2D eigenvalue weighted by Crippen LogP contribution is 2.22. The highest BCUT2D eigenvalue weighted by molar-refractivity contribution is 5.07. The second-order valence-electron chi connectivity index (χ2n) is 6.07. The van der Waals surface area contributed by atoms with Crippen molar-refractivity contribution in [3.05, 3.63) is 23.7 Å². The molecule has 2 aliphatic heterocycles. The molecule has 0 saturated carbocycles. The molecular weight excluding hydrogens is 250 g/mol. The molecule has 1 aromatic rings. The number of furan rings is 1. The number of likely N-dealkylation sites (tertiary alicyclic amines) is 2. The molecule has 0 aromatic carbocycles. The van der Waals surface area contributed by atoms with Crippen LogP contribution in [0.15, 0.2) is 16.5 Å². The first-order valence-corrected chi connectivity index (χ1v) is 8.10. The van der Waals surface area contributed by atoms with E-state index < -0.39 is 0 Å². The predicted octanol–water partition coefficient (Wildman–Crippen LogP) is 2.06. The van der Waals surface area contributed by atoms with Crippen LogP contribution in [-0.4, -0.2) is 48.6 Å². The largest absolute Gasteiger partial charge is 0.463 e. The Morgan fingerprint density at radius 1 is 1.20 bits per heavy atom. The summed E-state index contributed by atoms with van der Waals surface area (Å²) in [5.41, 5.74) is 0. The van der Waals surface area contributed by atoms with Gasteiger partial charge in [-0.05, 0) is 51.0 Å². The average Bonchev–Trinajstić information content (AvgIpc) is 3.18. The summed E-state index contributed by atoms with van der Waals surface area (Å²) in [6.07, 6.45) is 4.11. The van der Waals surface area contributed by atoms with E-state index in [4.69, 9.17) is 4.42 Å². The Morgan fingerprint density at radius 3 is 2.80 bits per heavy atom. The Kier molecular flexibility index (Phi) is 4.76. The fourth-order valence-electron chi connectivity index (χ4n) is 3.43. The van der Waals surface area contributed by atoms with Gasteiger partial charge in [0.05, 0.1) is 13.1 Å². The molecule has 0 bridgehead atoms. The predicted molar refractivity (Wildman–Crippen MR) is 80.6 cm³/mol. The van der Waals surface area contributed by atoms with Crippen molar-refractivity contribution in [1.82, 2.24) is 15.1 Å². The molecular formula is C16H27N3O. The van der Waals surface area contributed by atoms with Gasteiger partial charge in [-0.3, -0.25) is 9.80 Å². The summed E-state index contributed by atoms with van der Waals surface area (Å²) in [5, 5.41) is 3.30. The highest BCUT2D eigenvalue weighted by atomic mass is 16.3. The van der Waals surface area contributed by atoms with E-state index in [0.717, 1.165) is 37.2 Å². The maximum Gasteiger partial charge on any atom is 0.118 e. The minimum Gasteiger partial charge on any atom is -0.463 e. The highest BCUT2D eigenvalue weighted by Gasteiger charge is 2.29. The SMILES string of the molecule is CCNCc1ccc(CN2CCC(N3CCCC3)C2)o1. The molecule has 3 rings (SSSR count). The number of hydrogen-bond acceptors (Lipinski definition) is 4. The second-order valence-corrected chi connectivity index (χ2v) is 6.07. The average molecular weight is 277 g/mol. The molecule has 4 heteroatoms. The summed E-state index contributed by atoms with van der Waals surface area (Å²) in [4.78, 5) is 5.22. The number of rotatable bonds is 6. The molecule has 112 valence electrons. The molecule has 1 unspecified atom stereocenters. The van der Waals surface area contributed by atoms with Gasteiger partial charge in [0.25, 0.3) is 0 Å². The molecule has 2 saturated heterocycles. The molecule has 0 spiro atoms. The summed E-state index contributed by atoms with van der Waals surface area (Å²) in [6.45, 7) is 9.96. The van der Waals surface area contributed by atoms with Crippen molar-refractivity contribution in [3.8, 4) is 0 Å². The third kappa shape index (κ3) is 3.43. The molecule has 0 amide bonds. The monoisotopic (exact) mass is 277 g/mol. The van der Waals surface area contributed by atoms with Crippen molar-refractivity contribution in [3.63, 3.8) is 0 Å². The fraction of sp³-hybridized carbons (Fsp3) is 0.750. The van der Waals surface area contributed by atoms with E-state index in [1.807, 2.05) is 0 Å². The molecule has 2 aliphatic rings. The lowest BCUT2D eigenvalue weighted by atomic mass is 10.2. The lowest BCUT2D eigenvalue weighted by molar-refractivity contribution is 0.222. The molecule has 4 nitrogen and oxygen atoms in total. The summed E-state index contributed by atoms with van der Waals surface area (Å²) < 4.78 is 5.89. The van der Waals surface area contributed by atoms with Crippen molar-refractivity contribution in [2.24, 2.45) is 0 Å². The quantitative estimate of drug-likeness (QED) is 0.862. The first-order valence-electron chi connectivity index (χ1n) is 8.10.